The van der Waals surface area contributed by atoms with Gasteiger partial charge in [0, 0.05) is 38.8 Å². The van der Waals surface area contributed by atoms with Gasteiger partial charge in [-0.1, -0.05) is 24.9 Å². The molecule has 0 N–H and O–H groups in total. The first kappa shape index (κ1) is 21.4. The van der Waals surface area contributed by atoms with Gasteiger partial charge in [-0.05, 0) is 38.0 Å². The lowest BCUT2D eigenvalue weighted by Gasteiger charge is -2.30. The Morgan fingerprint density at radius 2 is 2.11 bits per heavy atom. The Balaban J connectivity index is 2.43. The summed E-state index contributed by atoms with van der Waals surface area (Å²) in [6.45, 7) is 5.10. The third kappa shape index (κ3) is 5.08. The number of nitrogens with zero attached hydrogens (tertiary/aromatic N) is 3. The number of unbranched alkanes of at least 4 members (excludes halogenated alkanes) is 1. The predicted molar refractivity (Wildman–Crippen MR) is 108 cm³/mol. The largest absolute Gasteiger partial charge is 0.385 e. The van der Waals surface area contributed by atoms with Crippen molar-refractivity contribution >= 4 is 28.4 Å². The highest BCUT2D eigenvalue weighted by molar-refractivity contribution is 6.31. The molecule has 6 nitrogen and oxygen atoms in total. The average molecular weight is 394 g/mol. The Labute approximate surface area is 165 Å². The van der Waals surface area contributed by atoms with E-state index in [1.165, 1.54) is 4.57 Å². The number of benzene rings is 1. The Hall–Kier alpha value is -1.92. The lowest BCUT2D eigenvalue weighted by atomic mass is 10.1. The second kappa shape index (κ2) is 9.85. The summed E-state index contributed by atoms with van der Waals surface area (Å²) < 4.78 is 6.65. The second-order valence-corrected chi connectivity index (χ2v) is 7.15. The van der Waals surface area contributed by atoms with Gasteiger partial charge in [0.15, 0.2) is 0 Å². The molecule has 2 aromatic rings. The van der Waals surface area contributed by atoms with Gasteiger partial charge in [0.05, 0.1) is 16.9 Å². The van der Waals surface area contributed by atoms with Crippen LogP contribution in [0.2, 0.25) is 5.02 Å². The average Bonchev–Trinajstić information content (AvgIpc) is 2.65. The number of hydrogen-bond acceptors (Lipinski definition) is 4. The zero-order chi connectivity index (χ0) is 20.0. The summed E-state index contributed by atoms with van der Waals surface area (Å²) in [6.07, 6.45) is 3.01. The summed E-state index contributed by atoms with van der Waals surface area (Å²) in [6, 6.07) is 4.72. The zero-order valence-electron chi connectivity index (χ0n) is 16.5. The van der Waals surface area contributed by atoms with Gasteiger partial charge in [0.2, 0.25) is 5.91 Å². The van der Waals surface area contributed by atoms with Crippen LogP contribution < -0.4 is 5.56 Å². The van der Waals surface area contributed by atoms with E-state index >= 15 is 0 Å². The maximum absolute atomic E-state index is 12.8. The van der Waals surface area contributed by atoms with E-state index in [-0.39, 0.29) is 17.5 Å². The number of fused-ring (bicyclic) bond motifs is 1. The monoisotopic (exact) mass is 393 g/mol. The Kier molecular flexibility index (Phi) is 7.80. The minimum Gasteiger partial charge on any atom is -0.385 e. The number of amides is 1. The number of rotatable bonds is 9. The van der Waals surface area contributed by atoms with Crippen LogP contribution >= 0.6 is 11.6 Å². The number of carbonyl (C=O) groups is 1. The van der Waals surface area contributed by atoms with Crippen molar-refractivity contribution in [2.75, 3.05) is 20.3 Å². The Morgan fingerprint density at radius 3 is 2.78 bits per heavy atom. The van der Waals surface area contributed by atoms with E-state index in [0.29, 0.717) is 41.3 Å². The van der Waals surface area contributed by atoms with Gasteiger partial charge in [-0.3, -0.25) is 14.2 Å². The Bertz CT molecular complexity index is 850. The van der Waals surface area contributed by atoms with Crippen molar-refractivity contribution in [2.24, 2.45) is 7.05 Å². The van der Waals surface area contributed by atoms with Crippen molar-refractivity contribution in [2.45, 2.75) is 45.6 Å². The molecular formula is C20H28ClN3O3. The third-order valence-electron chi connectivity index (χ3n) is 4.73. The first-order valence-electron chi connectivity index (χ1n) is 9.35. The molecule has 148 valence electrons. The lowest BCUT2D eigenvalue weighted by molar-refractivity contribution is -0.134. The summed E-state index contributed by atoms with van der Waals surface area (Å²) in [4.78, 5) is 32.0. The van der Waals surface area contributed by atoms with Crippen molar-refractivity contribution in [1.29, 1.82) is 0 Å². The van der Waals surface area contributed by atoms with Gasteiger partial charge < -0.3 is 9.64 Å². The van der Waals surface area contributed by atoms with Gasteiger partial charge in [0.1, 0.15) is 5.82 Å². The molecule has 1 unspecified atom stereocenters. The zero-order valence-corrected chi connectivity index (χ0v) is 17.3. The molecule has 0 radical (unpaired) electrons. The van der Waals surface area contributed by atoms with E-state index in [9.17, 15) is 9.59 Å². The molecule has 0 saturated carbocycles. The standard InChI is InChI=1S/C20H28ClN3O3/c1-5-6-8-18(25)24(11-7-12-27-4)14(2)19-22-17-13-15(21)9-10-16(17)20(26)23(19)3/h9-10,13-14H,5-8,11-12H2,1-4H3. The van der Waals surface area contributed by atoms with Crippen molar-refractivity contribution in [3.8, 4) is 0 Å². The molecule has 1 atom stereocenters. The van der Waals surface area contributed by atoms with E-state index in [4.69, 9.17) is 16.3 Å². The molecule has 7 heteroatoms. The number of carbonyl (C=O) groups excluding carboxylic acids is 1. The second-order valence-electron chi connectivity index (χ2n) is 6.71. The minimum absolute atomic E-state index is 0.0703. The summed E-state index contributed by atoms with van der Waals surface area (Å²) in [5, 5.41) is 1.04. The molecule has 1 aromatic carbocycles. The van der Waals surface area contributed by atoms with E-state index < -0.39 is 0 Å². The molecule has 1 aromatic heterocycles. The molecule has 0 bridgehead atoms. The first-order valence-corrected chi connectivity index (χ1v) is 9.73. The number of ether oxygens (including phenoxy) is 1. The van der Waals surface area contributed by atoms with Crippen LogP contribution in [0.1, 0.15) is 51.4 Å². The molecular weight excluding hydrogens is 366 g/mol. The maximum atomic E-state index is 12.8. The van der Waals surface area contributed by atoms with Crippen molar-refractivity contribution in [1.82, 2.24) is 14.5 Å². The van der Waals surface area contributed by atoms with Crippen LogP contribution in [0.3, 0.4) is 0 Å². The highest BCUT2D eigenvalue weighted by atomic mass is 35.5. The summed E-state index contributed by atoms with van der Waals surface area (Å²) in [5.41, 5.74) is 0.404. The van der Waals surface area contributed by atoms with Crippen LogP contribution in [0.15, 0.2) is 23.0 Å². The van der Waals surface area contributed by atoms with Gasteiger partial charge >= 0.3 is 0 Å². The fraction of sp³-hybridized carbons (Fsp3) is 0.550. The van der Waals surface area contributed by atoms with Crippen LogP contribution in [0.5, 0.6) is 0 Å². The van der Waals surface area contributed by atoms with Crippen LogP contribution in [-0.2, 0) is 16.6 Å². The van der Waals surface area contributed by atoms with E-state index in [1.54, 1.807) is 37.3 Å². The van der Waals surface area contributed by atoms with E-state index in [2.05, 4.69) is 11.9 Å². The fourth-order valence-corrected chi connectivity index (χ4v) is 3.33. The summed E-state index contributed by atoms with van der Waals surface area (Å²) >= 11 is 6.07. The molecule has 0 aliphatic rings. The van der Waals surface area contributed by atoms with Gasteiger partial charge in [-0.25, -0.2) is 4.98 Å². The van der Waals surface area contributed by atoms with Gasteiger partial charge in [0.25, 0.3) is 5.56 Å². The van der Waals surface area contributed by atoms with Crippen LogP contribution in [0, 0.1) is 0 Å². The number of hydrogen-bond donors (Lipinski definition) is 0. The predicted octanol–water partition coefficient (Wildman–Crippen LogP) is 3.70. The summed E-state index contributed by atoms with van der Waals surface area (Å²) in [7, 11) is 3.34. The molecule has 27 heavy (non-hydrogen) atoms. The smallest absolute Gasteiger partial charge is 0.261 e. The topological polar surface area (TPSA) is 64.4 Å². The maximum Gasteiger partial charge on any atom is 0.261 e. The number of aromatic nitrogens is 2. The summed E-state index contributed by atoms with van der Waals surface area (Å²) in [5.74, 6) is 0.623. The minimum atomic E-state index is -0.327. The van der Waals surface area contributed by atoms with Crippen molar-refractivity contribution in [3.05, 3.63) is 39.4 Å². The molecule has 0 aliphatic carbocycles. The Morgan fingerprint density at radius 1 is 1.37 bits per heavy atom. The third-order valence-corrected chi connectivity index (χ3v) is 4.96. The highest BCUT2D eigenvalue weighted by Crippen LogP contribution is 2.22. The highest BCUT2D eigenvalue weighted by Gasteiger charge is 2.24. The van der Waals surface area contributed by atoms with E-state index in [1.807, 2.05) is 6.92 Å². The molecule has 0 fully saturated rings. The number of methoxy groups -OCH3 is 1. The van der Waals surface area contributed by atoms with Crippen molar-refractivity contribution < 1.29 is 9.53 Å². The van der Waals surface area contributed by atoms with Gasteiger partial charge in [-0.2, -0.15) is 0 Å². The molecule has 0 saturated heterocycles. The van der Waals surface area contributed by atoms with Crippen LogP contribution in [-0.4, -0.2) is 40.6 Å². The quantitative estimate of drug-likeness (QED) is 0.609. The lowest BCUT2D eigenvalue weighted by Crippen LogP contribution is -2.38. The number of halogens is 1. The van der Waals surface area contributed by atoms with Crippen molar-refractivity contribution in [3.63, 3.8) is 0 Å². The first-order chi connectivity index (χ1) is 12.9. The SMILES string of the molecule is CCCCC(=O)N(CCCOC)C(C)c1nc2cc(Cl)ccc2c(=O)n1C. The molecule has 0 aliphatic heterocycles. The van der Waals surface area contributed by atoms with Crippen LogP contribution in [0.25, 0.3) is 10.9 Å². The van der Waals surface area contributed by atoms with Crippen LogP contribution in [0.4, 0.5) is 0 Å². The molecule has 0 spiro atoms. The molecule has 1 heterocycles. The normalized spacial score (nSPS) is 12.3. The molecule has 2 rings (SSSR count). The fourth-order valence-electron chi connectivity index (χ4n) is 3.16. The van der Waals surface area contributed by atoms with E-state index in [0.717, 1.165) is 19.3 Å². The van der Waals surface area contributed by atoms with Gasteiger partial charge in [-0.15, -0.1) is 0 Å². The molecule has 1 amide bonds.